The molecule has 0 saturated heterocycles. The van der Waals surface area contributed by atoms with Crippen molar-refractivity contribution in [2.75, 3.05) is 6.61 Å². The van der Waals surface area contributed by atoms with Crippen LogP contribution in [-0.2, 0) is 18.6 Å². The second kappa shape index (κ2) is 5.29. The molecule has 0 heterocycles. The van der Waals surface area contributed by atoms with Crippen LogP contribution in [0.25, 0.3) is 0 Å². The lowest BCUT2D eigenvalue weighted by Gasteiger charge is -2.08. The number of carbonyl (C=O) groups excluding carboxylic acids is 1. The fraction of sp³-hybridized carbons (Fsp3) is 0.800. The molecule has 0 rings (SSSR count). The molecule has 11 heavy (non-hydrogen) atoms. The Hall–Kier alpha value is -0.380. The summed E-state index contributed by atoms with van der Waals surface area (Å²) in [5.74, 6) is -0.625. The van der Waals surface area contributed by atoms with Crippen LogP contribution >= 0.6 is 8.25 Å². The van der Waals surface area contributed by atoms with Crippen molar-refractivity contribution in [1.82, 2.24) is 0 Å². The average molecular weight is 182 g/mol. The molecule has 0 aromatic heterocycles. The van der Waals surface area contributed by atoms with Crippen LogP contribution in [0.15, 0.2) is 0 Å². The molecule has 0 aromatic carbocycles. The molecule has 0 aliphatic rings. The van der Waals surface area contributed by atoms with Crippen molar-refractivity contribution in [3.63, 3.8) is 0 Å². The molecule has 0 amide bonds. The topological polar surface area (TPSA) is 72.8 Å². The zero-order valence-corrected chi connectivity index (χ0v) is 7.36. The molecular formula is C5H11O5P. The monoisotopic (exact) mass is 182 g/mol. The molecule has 2 unspecified atom stereocenters. The molecule has 0 fully saturated rings. The van der Waals surface area contributed by atoms with E-state index in [2.05, 4.69) is 9.26 Å². The summed E-state index contributed by atoms with van der Waals surface area (Å²) in [6, 6.07) is 0. The Morgan fingerprint density at radius 3 is 2.64 bits per heavy atom. The third-order valence-corrected chi connectivity index (χ3v) is 1.45. The molecular weight excluding hydrogens is 171 g/mol. The fourth-order valence-electron chi connectivity index (χ4n) is 0.459. The molecule has 6 heteroatoms. The van der Waals surface area contributed by atoms with Crippen molar-refractivity contribution < 1.29 is 23.5 Å². The third kappa shape index (κ3) is 4.95. The molecule has 0 radical (unpaired) electrons. The Kier molecular flexibility index (Phi) is 5.11. The van der Waals surface area contributed by atoms with E-state index in [4.69, 9.17) is 4.89 Å². The van der Waals surface area contributed by atoms with Crippen molar-refractivity contribution in [1.29, 1.82) is 0 Å². The van der Waals surface area contributed by atoms with Gasteiger partial charge in [-0.15, -0.1) is 0 Å². The van der Waals surface area contributed by atoms with E-state index in [1.807, 2.05) is 0 Å². The van der Waals surface area contributed by atoms with Gasteiger partial charge in [0, 0.05) is 0 Å². The van der Waals surface area contributed by atoms with Gasteiger partial charge in [0.1, 0.15) is 0 Å². The van der Waals surface area contributed by atoms with Gasteiger partial charge in [-0.1, -0.05) is 0 Å². The van der Waals surface area contributed by atoms with Crippen LogP contribution in [0.5, 0.6) is 0 Å². The molecule has 0 bridgehead atoms. The van der Waals surface area contributed by atoms with E-state index in [-0.39, 0.29) is 6.61 Å². The minimum absolute atomic E-state index is 0.235. The van der Waals surface area contributed by atoms with E-state index >= 15 is 0 Å². The second-order valence-electron chi connectivity index (χ2n) is 1.78. The molecule has 1 N–H and O–H groups in total. The van der Waals surface area contributed by atoms with Gasteiger partial charge in [-0.2, -0.15) is 0 Å². The first-order valence-corrected chi connectivity index (χ1v) is 4.40. The number of carbonyl (C=O) groups is 1. The number of hydrogen-bond acceptors (Lipinski definition) is 4. The summed E-state index contributed by atoms with van der Waals surface area (Å²) in [4.78, 5) is 19.0. The smallest absolute Gasteiger partial charge is 0.335 e. The molecule has 0 aromatic rings. The number of ether oxygens (including phenoxy) is 1. The number of esters is 1. The van der Waals surface area contributed by atoms with Gasteiger partial charge in [-0.25, -0.2) is 4.79 Å². The van der Waals surface area contributed by atoms with Crippen molar-refractivity contribution in [3.8, 4) is 0 Å². The summed E-state index contributed by atoms with van der Waals surface area (Å²) >= 11 is 0. The van der Waals surface area contributed by atoms with Gasteiger partial charge in [-0.05, 0) is 13.8 Å². The first-order valence-electron chi connectivity index (χ1n) is 3.14. The third-order valence-electron chi connectivity index (χ3n) is 0.896. The van der Waals surface area contributed by atoms with Crippen LogP contribution in [0, 0.1) is 0 Å². The van der Waals surface area contributed by atoms with Gasteiger partial charge < -0.3 is 9.63 Å². The highest BCUT2D eigenvalue weighted by atomic mass is 31.1. The highest BCUT2D eigenvalue weighted by Gasteiger charge is 2.15. The van der Waals surface area contributed by atoms with Gasteiger partial charge in [-0.3, -0.25) is 9.09 Å². The van der Waals surface area contributed by atoms with E-state index in [0.29, 0.717) is 0 Å². The van der Waals surface area contributed by atoms with Crippen LogP contribution in [0.4, 0.5) is 0 Å². The first-order chi connectivity index (χ1) is 5.07. The Bertz CT molecular complexity index is 157. The second-order valence-corrected chi connectivity index (χ2v) is 2.55. The van der Waals surface area contributed by atoms with Crippen LogP contribution < -0.4 is 0 Å². The molecule has 0 spiro atoms. The van der Waals surface area contributed by atoms with Crippen LogP contribution in [0.1, 0.15) is 13.8 Å². The average Bonchev–Trinajstić information content (AvgIpc) is 1.86. The van der Waals surface area contributed by atoms with Gasteiger partial charge in [0.15, 0.2) is 6.10 Å². The zero-order valence-electron chi connectivity index (χ0n) is 6.36. The Labute approximate surface area is 65.3 Å². The molecule has 0 aliphatic heterocycles. The van der Waals surface area contributed by atoms with Crippen LogP contribution in [-0.4, -0.2) is 23.6 Å². The summed E-state index contributed by atoms with van der Waals surface area (Å²) in [5, 5.41) is 0. The van der Waals surface area contributed by atoms with Gasteiger partial charge in [0.2, 0.25) is 0 Å². The SMILES string of the molecule is CCOC(=O)C(C)O[PH](=O)O. The minimum atomic E-state index is -3.05. The lowest BCUT2D eigenvalue weighted by atomic mass is 10.4. The van der Waals surface area contributed by atoms with Crippen molar-refractivity contribution in [3.05, 3.63) is 0 Å². The van der Waals surface area contributed by atoms with Crippen LogP contribution in [0.2, 0.25) is 0 Å². The van der Waals surface area contributed by atoms with E-state index < -0.39 is 20.3 Å². The van der Waals surface area contributed by atoms with Gasteiger partial charge in [0.25, 0.3) is 0 Å². The van der Waals surface area contributed by atoms with E-state index in [9.17, 15) is 9.36 Å². The maximum atomic E-state index is 10.7. The summed E-state index contributed by atoms with van der Waals surface area (Å²) < 4.78 is 18.9. The quantitative estimate of drug-likeness (QED) is 0.501. The lowest BCUT2D eigenvalue weighted by molar-refractivity contribution is -0.150. The summed E-state index contributed by atoms with van der Waals surface area (Å²) in [7, 11) is -3.05. The number of hydrogen-bond donors (Lipinski definition) is 1. The minimum Gasteiger partial charge on any atom is -0.464 e. The molecule has 2 atom stereocenters. The predicted molar refractivity (Wildman–Crippen MR) is 38.4 cm³/mol. The van der Waals surface area contributed by atoms with E-state index in [1.165, 1.54) is 6.92 Å². The summed E-state index contributed by atoms with van der Waals surface area (Å²) in [5.41, 5.74) is 0. The summed E-state index contributed by atoms with van der Waals surface area (Å²) in [6.07, 6.45) is -0.966. The normalized spacial score (nSPS) is 15.5. The summed E-state index contributed by atoms with van der Waals surface area (Å²) in [6.45, 7) is 3.24. The Balaban J connectivity index is 3.73. The Morgan fingerprint density at radius 1 is 1.73 bits per heavy atom. The predicted octanol–water partition coefficient (Wildman–Crippen LogP) is 0.337. The highest BCUT2D eigenvalue weighted by Crippen LogP contribution is 2.18. The molecule has 0 aliphatic carbocycles. The number of rotatable bonds is 4. The maximum Gasteiger partial charge on any atom is 0.335 e. The van der Waals surface area contributed by atoms with Crippen molar-refractivity contribution in [2.45, 2.75) is 20.0 Å². The molecule has 66 valence electrons. The fourth-order valence-corrected chi connectivity index (χ4v) is 0.858. The van der Waals surface area contributed by atoms with Crippen molar-refractivity contribution in [2.24, 2.45) is 0 Å². The first kappa shape index (κ1) is 10.6. The van der Waals surface area contributed by atoms with E-state index in [1.54, 1.807) is 6.92 Å². The lowest BCUT2D eigenvalue weighted by Crippen LogP contribution is -2.20. The molecule has 5 nitrogen and oxygen atoms in total. The van der Waals surface area contributed by atoms with Gasteiger partial charge >= 0.3 is 14.2 Å². The Morgan fingerprint density at radius 2 is 2.27 bits per heavy atom. The van der Waals surface area contributed by atoms with Crippen molar-refractivity contribution >= 4 is 14.2 Å². The largest absolute Gasteiger partial charge is 0.464 e. The van der Waals surface area contributed by atoms with E-state index in [0.717, 1.165) is 0 Å². The van der Waals surface area contributed by atoms with Gasteiger partial charge in [0.05, 0.1) is 6.61 Å². The zero-order chi connectivity index (χ0) is 8.85. The highest BCUT2D eigenvalue weighted by molar-refractivity contribution is 7.32. The molecule has 0 saturated carbocycles. The standard InChI is InChI=1S/C5H11O5P/c1-3-9-5(6)4(2)10-11(7)8/h4,11H,3H2,1-2H3,(H,7,8). The maximum absolute atomic E-state index is 10.7. The van der Waals surface area contributed by atoms with Crippen LogP contribution in [0.3, 0.4) is 0 Å².